The second-order valence-corrected chi connectivity index (χ2v) is 6.04. The van der Waals surface area contributed by atoms with E-state index in [2.05, 4.69) is 20.6 Å². The molecule has 2 N–H and O–H groups in total. The molecule has 1 aromatic heterocycles. The number of carbonyl (C=O) groups is 2. The summed E-state index contributed by atoms with van der Waals surface area (Å²) in [4.78, 5) is 33.1. The van der Waals surface area contributed by atoms with Gasteiger partial charge in [-0.2, -0.15) is 0 Å². The van der Waals surface area contributed by atoms with Gasteiger partial charge in [-0.3, -0.25) is 4.79 Å². The smallest absolute Gasteiger partial charge is 0.340 e. The lowest BCUT2D eigenvalue weighted by atomic mass is 10.2. The molecule has 7 nitrogen and oxygen atoms in total. The van der Waals surface area contributed by atoms with E-state index in [1.165, 1.54) is 24.3 Å². The van der Waals surface area contributed by atoms with Gasteiger partial charge in [0.2, 0.25) is 0 Å². The summed E-state index contributed by atoms with van der Waals surface area (Å²) >= 11 is 0. The molecule has 8 heteroatoms. The van der Waals surface area contributed by atoms with Crippen molar-refractivity contribution in [3.05, 3.63) is 77.5 Å². The lowest BCUT2D eigenvalue weighted by molar-refractivity contribution is 0.0527. The van der Waals surface area contributed by atoms with E-state index in [1.54, 1.807) is 44.2 Å². The fraction of sp³-hybridized carbons (Fsp3) is 0.143. The van der Waals surface area contributed by atoms with Crippen molar-refractivity contribution in [2.45, 2.75) is 13.8 Å². The number of hydrogen-bond donors (Lipinski definition) is 2. The molecule has 0 bridgehead atoms. The Kier molecular flexibility index (Phi) is 6.13. The second kappa shape index (κ2) is 8.92. The highest BCUT2D eigenvalue weighted by Gasteiger charge is 2.15. The van der Waals surface area contributed by atoms with Crippen LogP contribution in [0.25, 0.3) is 0 Å². The van der Waals surface area contributed by atoms with Crippen LogP contribution in [0.1, 0.15) is 33.6 Å². The van der Waals surface area contributed by atoms with Gasteiger partial charge >= 0.3 is 5.97 Å². The highest BCUT2D eigenvalue weighted by Crippen LogP contribution is 2.21. The number of carbonyl (C=O) groups excluding carboxylic acids is 2. The van der Waals surface area contributed by atoms with Gasteiger partial charge < -0.3 is 15.4 Å². The summed E-state index contributed by atoms with van der Waals surface area (Å²) in [5.41, 5.74) is 1.24. The molecule has 1 heterocycles. The lowest BCUT2D eigenvalue weighted by Crippen LogP contribution is -2.16. The third-order valence-electron chi connectivity index (χ3n) is 3.84. The molecule has 0 atom stereocenters. The van der Waals surface area contributed by atoms with Crippen molar-refractivity contribution >= 4 is 29.1 Å². The van der Waals surface area contributed by atoms with Crippen molar-refractivity contribution in [2.75, 3.05) is 17.2 Å². The van der Waals surface area contributed by atoms with Gasteiger partial charge in [-0.25, -0.2) is 19.2 Å². The van der Waals surface area contributed by atoms with Crippen LogP contribution >= 0.6 is 0 Å². The maximum Gasteiger partial charge on any atom is 0.340 e. The van der Waals surface area contributed by atoms with Crippen molar-refractivity contribution in [1.29, 1.82) is 0 Å². The number of halogens is 1. The van der Waals surface area contributed by atoms with Gasteiger partial charge in [-0.05, 0) is 44.2 Å². The molecule has 0 fully saturated rings. The zero-order chi connectivity index (χ0) is 20.8. The quantitative estimate of drug-likeness (QED) is 0.612. The highest BCUT2D eigenvalue weighted by atomic mass is 19.1. The Hall–Kier alpha value is -3.81. The van der Waals surface area contributed by atoms with Crippen molar-refractivity contribution in [3.63, 3.8) is 0 Å². The monoisotopic (exact) mass is 394 g/mol. The molecule has 0 aliphatic heterocycles. The summed E-state index contributed by atoms with van der Waals surface area (Å²) in [6, 6.07) is 13.8. The Bertz CT molecular complexity index is 1060. The molecular formula is C21H19FN4O3. The van der Waals surface area contributed by atoms with E-state index in [4.69, 9.17) is 4.74 Å². The van der Waals surface area contributed by atoms with Crippen LogP contribution in [-0.2, 0) is 4.74 Å². The number of esters is 1. The van der Waals surface area contributed by atoms with Gasteiger partial charge in [0.15, 0.2) is 0 Å². The van der Waals surface area contributed by atoms with E-state index in [0.717, 1.165) is 0 Å². The normalized spacial score (nSPS) is 10.3. The number of ether oxygens (including phenoxy) is 1. The number of benzene rings is 2. The topological polar surface area (TPSA) is 93.2 Å². The molecule has 3 aromatic rings. The highest BCUT2D eigenvalue weighted by molar-refractivity contribution is 6.03. The van der Waals surface area contributed by atoms with Crippen LogP contribution in [0.4, 0.5) is 21.6 Å². The fourth-order valence-electron chi connectivity index (χ4n) is 2.63. The molecule has 1 amide bonds. The SMILES string of the molecule is CCOC(=O)c1ccccc1Nc1cc(C(=O)Nc2cccc(F)c2)nc(C)n1. The Balaban J connectivity index is 1.85. The van der Waals surface area contributed by atoms with Crippen molar-refractivity contribution in [1.82, 2.24) is 9.97 Å². The zero-order valence-corrected chi connectivity index (χ0v) is 15.9. The largest absolute Gasteiger partial charge is 0.462 e. The van der Waals surface area contributed by atoms with Gasteiger partial charge in [0.05, 0.1) is 17.9 Å². The summed E-state index contributed by atoms with van der Waals surface area (Å²) in [6.45, 7) is 3.62. The summed E-state index contributed by atoms with van der Waals surface area (Å²) in [7, 11) is 0. The van der Waals surface area contributed by atoms with E-state index >= 15 is 0 Å². The van der Waals surface area contributed by atoms with E-state index in [9.17, 15) is 14.0 Å². The molecule has 0 aliphatic carbocycles. The molecule has 0 spiro atoms. The number of nitrogens with zero attached hydrogens (tertiary/aromatic N) is 2. The maximum absolute atomic E-state index is 13.3. The Morgan fingerprint density at radius 3 is 2.62 bits per heavy atom. The average Bonchev–Trinajstić information content (AvgIpc) is 2.68. The minimum absolute atomic E-state index is 0.0953. The first-order chi connectivity index (χ1) is 14.0. The van der Waals surface area contributed by atoms with Crippen molar-refractivity contribution in [2.24, 2.45) is 0 Å². The summed E-state index contributed by atoms with van der Waals surface area (Å²) in [5.74, 6) is -0.750. The summed E-state index contributed by atoms with van der Waals surface area (Å²) in [5, 5.41) is 5.62. The van der Waals surface area contributed by atoms with E-state index < -0.39 is 17.7 Å². The Morgan fingerprint density at radius 1 is 1.07 bits per heavy atom. The molecule has 0 radical (unpaired) electrons. The number of nitrogens with one attached hydrogen (secondary N) is 2. The van der Waals surface area contributed by atoms with E-state index in [1.807, 2.05) is 0 Å². The molecule has 2 aromatic carbocycles. The first-order valence-electron chi connectivity index (χ1n) is 8.92. The number of para-hydroxylation sites is 1. The zero-order valence-electron chi connectivity index (χ0n) is 15.9. The Morgan fingerprint density at radius 2 is 1.86 bits per heavy atom. The average molecular weight is 394 g/mol. The molecule has 3 rings (SSSR count). The standard InChI is InChI=1S/C21H19FN4O3/c1-3-29-21(28)16-9-4-5-10-17(16)26-19-12-18(23-13(2)24-19)20(27)25-15-8-6-7-14(22)11-15/h4-12H,3H2,1-2H3,(H,25,27)(H,23,24,26). The minimum atomic E-state index is -0.511. The Labute approximate surface area is 167 Å². The second-order valence-electron chi connectivity index (χ2n) is 6.04. The molecule has 29 heavy (non-hydrogen) atoms. The van der Waals surface area contributed by atoms with Crippen LogP contribution in [0, 0.1) is 12.7 Å². The van der Waals surface area contributed by atoms with Gasteiger partial charge in [0.25, 0.3) is 5.91 Å². The summed E-state index contributed by atoms with van der Waals surface area (Å²) < 4.78 is 18.4. The van der Waals surface area contributed by atoms with Gasteiger partial charge in [-0.1, -0.05) is 18.2 Å². The first kappa shape index (κ1) is 19.9. The predicted molar refractivity (Wildman–Crippen MR) is 107 cm³/mol. The van der Waals surface area contributed by atoms with Crippen LogP contribution in [-0.4, -0.2) is 28.5 Å². The van der Waals surface area contributed by atoms with Gasteiger partial charge in [-0.15, -0.1) is 0 Å². The minimum Gasteiger partial charge on any atom is -0.462 e. The summed E-state index contributed by atoms with van der Waals surface area (Å²) in [6.07, 6.45) is 0. The van der Waals surface area contributed by atoms with Gasteiger partial charge in [0, 0.05) is 11.8 Å². The molecule has 0 saturated heterocycles. The van der Waals surface area contributed by atoms with Crippen LogP contribution in [0.5, 0.6) is 0 Å². The van der Waals surface area contributed by atoms with Crippen molar-refractivity contribution in [3.8, 4) is 0 Å². The van der Waals surface area contributed by atoms with Gasteiger partial charge in [0.1, 0.15) is 23.2 Å². The number of amides is 1. The van der Waals surface area contributed by atoms with E-state index in [-0.39, 0.29) is 12.3 Å². The van der Waals surface area contributed by atoms with Crippen LogP contribution in [0.2, 0.25) is 0 Å². The van der Waals surface area contributed by atoms with E-state index in [0.29, 0.717) is 28.6 Å². The van der Waals surface area contributed by atoms with Crippen LogP contribution in [0.15, 0.2) is 54.6 Å². The molecule has 148 valence electrons. The predicted octanol–water partition coefficient (Wildman–Crippen LogP) is 4.10. The number of aryl methyl sites for hydroxylation is 1. The third kappa shape index (κ3) is 5.13. The lowest BCUT2D eigenvalue weighted by Gasteiger charge is -2.12. The fourth-order valence-corrected chi connectivity index (χ4v) is 2.63. The first-order valence-corrected chi connectivity index (χ1v) is 8.92. The molecule has 0 unspecified atom stereocenters. The third-order valence-corrected chi connectivity index (χ3v) is 3.84. The molecular weight excluding hydrogens is 375 g/mol. The van der Waals surface area contributed by atoms with Crippen molar-refractivity contribution < 1.29 is 18.7 Å². The molecule has 0 saturated carbocycles. The number of rotatable bonds is 6. The van der Waals surface area contributed by atoms with Crippen LogP contribution in [0.3, 0.4) is 0 Å². The molecule has 0 aliphatic rings. The maximum atomic E-state index is 13.3. The van der Waals surface area contributed by atoms with Crippen LogP contribution < -0.4 is 10.6 Å². The number of aromatic nitrogens is 2. The number of hydrogen-bond acceptors (Lipinski definition) is 6. The number of anilines is 3.